The summed E-state index contributed by atoms with van der Waals surface area (Å²) >= 11 is 0. The first-order valence-electron chi connectivity index (χ1n) is 4.48. The van der Waals surface area contributed by atoms with Crippen molar-refractivity contribution in [2.24, 2.45) is 0 Å². The van der Waals surface area contributed by atoms with Gasteiger partial charge in [0.25, 0.3) is 0 Å². The molecule has 0 aromatic carbocycles. The maximum atomic E-state index is 9.93. The second-order valence-corrected chi connectivity index (χ2v) is 3.63. The summed E-state index contributed by atoms with van der Waals surface area (Å²) in [7, 11) is 0. The Hall–Kier alpha value is -1.02. The number of hydrogen-bond donors (Lipinski definition) is 1. The van der Waals surface area contributed by atoms with Crippen LogP contribution in [0.3, 0.4) is 0 Å². The number of hydrogen-bond acceptors (Lipinski definition) is 2. The first-order chi connectivity index (χ1) is 6.14. The molecule has 1 heterocycles. The molecule has 1 aromatic heterocycles. The van der Waals surface area contributed by atoms with Crippen LogP contribution in [0.2, 0.25) is 0 Å². The second kappa shape index (κ2) is 4.28. The van der Waals surface area contributed by atoms with Crippen molar-refractivity contribution in [1.29, 1.82) is 0 Å². The Morgan fingerprint density at radius 2 is 2.46 bits per heavy atom. The summed E-state index contributed by atoms with van der Waals surface area (Å²) in [4.78, 5) is 0. The Bertz CT molecular complexity index is 247. The van der Waals surface area contributed by atoms with Gasteiger partial charge >= 0.3 is 0 Å². The van der Waals surface area contributed by atoms with Crippen LogP contribution in [0.25, 0.3) is 0 Å². The largest absolute Gasteiger partial charge is 0.472 e. The molecule has 2 heteroatoms. The number of rotatable bonds is 5. The molecule has 0 saturated carbocycles. The van der Waals surface area contributed by atoms with Gasteiger partial charge in [-0.25, -0.2) is 0 Å². The van der Waals surface area contributed by atoms with E-state index in [1.165, 1.54) is 0 Å². The van der Waals surface area contributed by atoms with E-state index in [2.05, 4.69) is 6.58 Å². The van der Waals surface area contributed by atoms with Crippen molar-refractivity contribution in [2.75, 3.05) is 0 Å². The van der Waals surface area contributed by atoms with E-state index in [0.29, 0.717) is 6.42 Å². The minimum Gasteiger partial charge on any atom is -0.472 e. The molecule has 0 saturated heterocycles. The van der Waals surface area contributed by atoms with E-state index in [9.17, 15) is 5.11 Å². The molecule has 2 nitrogen and oxygen atoms in total. The van der Waals surface area contributed by atoms with Crippen LogP contribution >= 0.6 is 0 Å². The molecular weight excluding hydrogens is 164 g/mol. The van der Waals surface area contributed by atoms with Gasteiger partial charge in [-0.15, -0.1) is 6.58 Å². The van der Waals surface area contributed by atoms with E-state index in [0.717, 1.165) is 18.4 Å². The van der Waals surface area contributed by atoms with E-state index < -0.39 is 5.60 Å². The minimum absolute atomic E-state index is 0.636. The molecule has 0 bridgehead atoms. The Morgan fingerprint density at radius 1 is 1.69 bits per heavy atom. The van der Waals surface area contributed by atoms with Crippen LogP contribution in [0.1, 0.15) is 25.3 Å². The lowest BCUT2D eigenvalue weighted by Crippen LogP contribution is -2.26. The molecule has 0 amide bonds. The lowest BCUT2D eigenvalue weighted by atomic mass is 9.93. The van der Waals surface area contributed by atoms with Crippen LogP contribution in [0.4, 0.5) is 0 Å². The Labute approximate surface area is 78.9 Å². The fraction of sp³-hybridized carbons (Fsp3) is 0.455. The summed E-state index contributed by atoms with van der Waals surface area (Å²) in [6, 6.07) is 1.88. The van der Waals surface area contributed by atoms with Gasteiger partial charge in [0.2, 0.25) is 0 Å². The van der Waals surface area contributed by atoms with Crippen LogP contribution in [0.15, 0.2) is 35.7 Å². The van der Waals surface area contributed by atoms with Gasteiger partial charge in [-0.2, -0.15) is 0 Å². The van der Waals surface area contributed by atoms with Crippen LogP contribution < -0.4 is 0 Å². The van der Waals surface area contributed by atoms with Crippen molar-refractivity contribution in [3.8, 4) is 0 Å². The molecule has 13 heavy (non-hydrogen) atoms. The molecule has 1 rings (SSSR count). The molecule has 0 aliphatic carbocycles. The molecule has 0 radical (unpaired) electrons. The smallest absolute Gasteiger partial charge is 0.0935 e. The third-order valence-electron chi connectivity index (χ3n) is 2.05. The molecule has 1 atom stereocenters. The highest BCUT2D eigenvalue weighted by molar-refractivity contribution is 5.08. The van der Waals surface area contributed by atoms with Gasteiger partial charge < -0.3 is 9.52 Å². The summed E-state index contributed by atoms with van der Waals surface area (Å²) in [5.74, 6) is 0. The van der Waals surface area contributed by atoms with Crippen LogP contribution in [-0.4, -0.2) is 10.7 Å². The summed E-state index contributed by atoms with van der Waals surface area (Å²) in [5, 5.41) is 9.93. The lowest BCUT2D eigenvalue weighted by Gasteiger charge is -2.21. The standard InChI is InChI=1S/C11H16O2/c1-3-4-6-11(2,12)8-10-5-7-13-9-10/h3,5,7,9,12H,1,4,6,8H2,2H3. The van der Waals surface area contributed by atoms with Crippen molar-refractivity contribution >= 4 is 0 Å². The Balaban J connectivity index is 2.46. The predicted molar refractivity (Wildman–Crippen MR) is 52.5 cm³/mol. The van der Waals surface area contributed by atoms with Gasteiger partial charge in [0.15, 0.2) is 0 Å². The highest BCUT2D eigenvalue weighted by Crippen LogP contribution is 2.18. The van der Waals surface area contributed by atoms with Gasteiger partial charge in [0.1, 0.15) is 0 Å². The zero-order valence-corrected chi connectivity index (χ0v) is 7.99. The van der Waals surface area contributed by atoms with Crippen LogP contribution in [0.5, 0.6) is 0 Å². The second-order valence-electron chi connectivity index (χ2n) is 3.63. The summed E-state index contributed by atoms with van der Waals surface area (Å²) in [6.45, 7) is 5.47. The monoisotopic (exact) mass is 180 g/mol. The highest BCUT2D eigenvalue weighted by atomic mass is 16.3. The third kappa shape index (κ3) is 3.47. The fourth-order valence-electron chi connectivity index (χ4n) is 1.33. The van der Waals surface area contributed by atoms with Gasteiger partial charge in [0, 0.05) is 6.42 Å². The minimum atomic E-state index is -0.655. The topological polar surface area (TPSA) is 33.4 Å². The molecule has 1 aromatic rings. The quantitative estimate of drug-likeness (QED) is 0.706. The number of aliphatic hydroxyl groups is 1. The van der Waals surface area contributed by atoms with Crippen molar-refractivity contribution < 1.29 is 9.52 Å². The Kier molecular flexibility index (Phi) is 3.32. The van der Waals surface area contributed by atoms with E-state index in [1.54, 1.807) is 12.5 Å². The predicted octanol–water partition coefficient (Wildman–Crippen LogP) is 2.54. The first-order valence-corrected chi connectivity index (χ1v) is 4.48. The van der Waals surface area contributed by atoms with E-state index in [4.69, 9.17) is 4.42 Å². The average molecular weight is 180 g/mol. The van der Waals surface area contributed by atoms with Crippen molar-refractivity contribution in [2.45, 2.75) is 31.8 Å². The third-order valence-corrected chi connectivity index (χ3v) is 2.05. The number of furan rings is 1. The molecule has 1 N–H and O–H groups in total. The summed E-state index contributed by atoms with van der Waals surface area (Å²) in [6.07, 6.45) is 7.33. The molecular formula is C11H16O2. The zero-order chi connectivity index (χ0) is 9.73. The van der Waals surface area contributed by atoms with Gasteiger partial charge in [-0.3, -0.25) is 0 Å². The van der Waals surface area contributed by atoms with Gasteiger partial charge in [-0.05, 0) is 31.4 Å². The average Bonchev–Trinajstić information content (AvgIpc) is 2.52. The molecule has 0 aliphatic rings. The molecule has 0 fully saturated rings. The van der Waals surface area contributed by atoms with Crippen molar-refractivity contribution in [1.82, 2.24) is 0 Å². The molecule has 72 valence electrons. The highest BCUT2D eigenvalue weighted by Gasteiger charge is 2.20. The maximum absolute atomic E-state index is 9.93. The summed E-state index contributed by atoms with van der Waals surface area (Å²) in [5.41, 5.74) is 0.381. The van der Waals surface area contributed by atoms with Crippen molar-refractivity contribution in [3.05, 3.63) is 36.8 Å². The van der Waals surface area contributed by atoms with Crippen LogP contribution in [0, 0.1) is 0 Å². The van der Waals surface area contributed by atoms with Crippen LogP contribution in [-0.2, 0) is 6.42 Å². The first kappa shape index (κ1) is 10.1. The van der Waals surface area contributed by atoms with Gasteiger partial charge in [0.05, 0.1) is 18.1 Å². The zero-order valence-electron chi connectivity index (χ0n) is 7.99. The normalized spacial score (nSPS) is 15.2. The van der Waals surface area contributed by atoms with Gasteiger partial charge in [-0.1, -0.05) is 6.08 Å². The van der Waals surface area contributed by atoms with Crippen molar-refractivity contribution in [3.63, 3.8) is 0 Å². The molecule has 1 unspecified atom stereocenters. The fourth-order valence-corrected chi connectivity index (χ4v) is 1.33. The maximum Gasteiger partial charge on any atom is 0.0935 e. The van der Waals surface area contributed by atoms with E-state index in [1.807, 2.05) is 19.1 Å². The SMILES string of the molecule is C=CCCC(C)(O)Cc1ccoc1. The number of allylic oxidation sites excluding steroid dienone is 1. The molecule has 0 spiro atoms. The lowest BCUT2D eigenvalue weighted by molar-refractivity contribution is 0.0522. The van der Waals surface area contributed by atoms with E-state index in [-0.39, 0.29) is 0 Å². The Morgan fingerprint density at radius 3 is 3.00 bits per heavy atom. The van der Waals surface area contributed by atoms with E-state index >= 15 is 0 Å². The molecule has 0 aliphatic heterocycles. The summed E-state index contributed by atoms with van der Waals surface area (Å²) < 4.78 is 4.93.